The van der Waals surface area contributed by atoms with Gasteiger partial charge in [-0.15, -0.1) is 0 Å². The maximum absolute atomic E-state index is 13.2. The van der Waals surface area contributed by atoms with E-state index in [1.54, 1.807) is 6.20 Å². The van der Waals surface area contributed by atoms with E-state index < -0.39 is 0 Å². The van der Waals surface area contributed by atoms with Crippen LogP contribution in [0.15, 0.2) is 90.2 Å². The number of hydrogen-bond donors (Lipinski definition) is 2. The van der Waals surface area contributed by atoms with Gasteiger partial charge >= 0.3 is 0 Å². The lowest BCUT2D eigenvalue weighted by Crippen LogP contribution is -2.41. The number of anilines is 1. The zero-order valence-electron chi connectivity index (χ0n) is 23.8. The van der Waals surface area contributed by atoms with Crippen molar-refractivity contribution in [1.29, 1.82) is 0 Å². The summed E-state index contributed by atoms with van der Waals surface area (Å²) in [6, 6.07) is 24.1. The van der Waals surface area contributed by atoms with Crippen LogP contribution in [0.25, 0.3) is 11.0 Å². The van der Waals surface area contributed by atoms with Crippen molar-refractivity contribution in [3.05, 3.63) is 96.3 Å². The third kappa shape index (κ3) is 7.52. The van der Waals surface area contributed by atoms with Gasteiger partial charge in [-0.2, -0.15) is 0 Å². The van der Waals surface area contributed by atoms with Crippen LogP contribution in [0.5, 0.6) is 0 Å². The fourth-order valence-corrected chi connectivity index (χ4v) is 5.53. The average molecular weight is 553 g/mol. The Hall–Kier alpha value is -4.17. The molecule has 2 aromatic carbocycles. The summed E-state index contributed by atoms with van der Waals surface area (Å²) in [6.45, 7) is 5.32. The number of pyridine rings is 1. The van der Waals surface area contributed by atoms with Gasteiger partial charge in [0, 0.05) is 36.8 Å². The number of rotatable bonds is 11. The molecule has 41 heavy (non-hydrogen) atoms. The molecule has 1 fully saturated rings. The Labute approximate surface area is 242 Å². The molecule has 1 saturated carbocycles. The van der Waals surface area contributed by atoms with Crippen molar-refractivity contribution < 1.29 is 9.53 Å². The van der Waals surface area contributed by atoms with Gasteiger partial charge in [0.25, 0.3) is 0 Å². The fraction of sp³-hybridized carbons (Fsp3) is 0.364. The summed E-state index contributed by atoms with van der Waals surface area (Å²) in [7, 11) is 0. The van der Waals surface area contributed by atoms with Crippen LogP contribution in [0.1, 0.15) is 43.7 Å². The molecule has 0 atom stereocenters. The van der Waals surface area contributed by atoms with Gasteiger partial charge < -0.3 is 25.3 Å². The summed E-state index contributed by atoms with van der Waals surface area (Å²) in [5.74, 6) is 1.18. The maximum Gasteiger partial charge on any atom is 0.227 e. The Balaban J connectivity index is 1.11. The number of nitrogens with zero attached hydrogens (tertiary/aromatic N) is 4. The molecule has 3 N–H and O–H groups in total. The highest BCUT2D eigenvalue weighted by atomic mass is 16.5. The van der Waals surface area contributed by atoms with Crippen molar-refractivity contribution in [2.24, 2.45) is 22.6 Å². The van der Waals surface area contributed by atoms with E-state index in [1.165, 1.54) is 0 Å². The third-order valence-electron chi connectivity index (χ3n) is 7.93. The smallest absolute Gasteiger partial charge is 0.227 e. The molecule has 0 unspecified atom stereocenters. The summed E-state index contributed by atoms with van der Waals surface area (Å²) in [5.41, 5.74) is 10.2. The zero-order chi connectivity index (χ0) is 28.4. The highest BCUT2D eigenvalue weighted by molar-refractivity contribution is 6.01. The van der Waals surface area contributed by atoms with Gasteiger partial charge in [0.15, 0.2) is 5.96 Å². The minimum atomic E-state index is 0.00456. The molecule has 1 aliphatic carbocycles. The van der Waals surface area contributed by atoms with E-state index in [1.807, 2.05) is 71.4 Å². The van der Waals surface area contributed by atoms with E-state index in [0.717, 1.165) is 66.6 Å². The maximum atomic E-state index is 13.2. The molecule has 0 bridgehead atoms. The summed E-state index contributed by atoms with van der Waals surface area (Å²) < 4.78 is 7.87. The van der Waals surface area contributed by atoms with Gasteiger partial charge in [-0.1, -0.05) is 60.7 Å². The predicted molar refractivity (Wildman–Crippen MR) is 164 cm³/mol. The number of fused-ring (bicyclic) bond motifs is 1. The molecule has 8 heteroatoms. The summed E-state index contributed by atoms with van der Waals surface area (Å²) >= 11 is 0. The van der Waals surface area contributed by atoms with Gasteiger partial charge in [-0.3, -0.25) is 4.79 Å². The number of benzene rings is 2. The molecule has 1 aliphatic rings. The van der Waals surface area contributed by atoms with Crippen molar-refractivity contribution in [1.82, 2.24) is 14.5 Å². The Morgan fingerprint density at radius 3 is 2.44 bits per heavy atom. The Morgan fingerprint density at radius 1 is 1.02 bits per heavy atom. The molecular formula is C33H40N6O2. The van der Waals surface area contributed by atoms with E-state index in [2.05, 4.69) is 39.2 Å². The summed E-state index contributed by atoms with van der Waals surface area (Å²) in [4.78, 5) is 24.6. The molecule has 0 spiro atoms. The standard InChI is InChI=1S/C33H40N6O2/c1-2-38(33(34)36-21-25-9-5-3-6-10-25)22-26-13-15-28(16-14-26)32(40)37-30-17-19-35-31-29(30)18-20-39(31)24-41-23-27-11-7-4-8-12-27/h3-12,17-20,26,28H,2,13-16,21-24H2,1H3,(H2,34,36)(H,35,37,40). The molecule has 0 aliphatic heterocycles. The highest BCUT2D eigenvalue weighted by Gasteiger charge is 2.28. The first kappa shape index (κ1) is 28.4. The van der Waals surface area contributed by atoms with Gasteiger partial charge in [-0.25, -0.2) is 9.98 Å². The first-order valence-corrected chi connectivity index (χ1v) is 14.6. The molecular weight excluding hydrogens is 512 g/mol. The van der Waals surface area contributed by atoms with Crippen LogP contribution < -0.4 is 11.1 Å². The summed E-state index contributed by atoms with van der Waals surface area (Å²) in [6.07, 6.45) is 7.45. The molecule has 0 saturated heterocycles. The Morgan fingerprint density at radius 2 is 1.73 bits per heavy atom. The number of guanidine groups is 1. The Kier molecular flexibility index (Phi) is 9.65. The number of aromatic nitrogens is 2. The van der Waals surface area contributed by atoms with Crippen molar-refractivity contribution in [2.45, 2.75) is 52.5 Å². The number of hydrogen-bond acceptors (Lipinski definition) is 4. The largest absolute Gasteiger partial charge is 0.370 e. The lowest BCUT2D eigenvalue weighted by molar-refractivity contribution is -0.121. The van der Waals surface area contributed by atoms with Crippen LogP contribution in [0.2, 0.25) is 0 Å². The predicted octanol–water partition coefficient (Wildman–Crippen LogP) is 5.79. The van der Waals surface area contributed by atoms with E-state index in [0.29, 0.717) is 31.8 Å². The fourth-order valence-electron chi connectivity index (χ4n) is 5.53. The van der Waals surface area contributed by atoms with Crippen LogP contribution in [-0.2, 0) is 29.4 Å². The number of carbonyl (C=O) groups excluding carboxylic acids is 1. The third-order valence-corrected chi connectivity index (χ3v) is 7.93. The van der Waals surface area contributed by atoms with Crippen LogP contribution in [0, 0.1) is 11.8 Å². The van der Waals surface area contributed by atoms with E-state index in [-0.39, 0.29) is 11.8 Å². The summed E-state index contributed by atoms with van der Waals surface area (Å²) in [5, 5.41) is 4.10. The number of carbonyl (C=O) groups is 1. The van der Waals surface area contributed by atoms with Gasteiger partial charge in [-0.05, 0) is 61.8 Å². The number of ether oxygens (including phenoxy) is 1. The van der Waals surface area contributed by atoms with Crippen LogP contribution >= 0.6 is 0 Å². The second kappa shape index (κ2) is 13.9. The normalized spacial score (nSPS) is 17.4. The molecule has 214 valence electrons. The van der Waals surface area contributed by atoms with Gasteiger partial charge in [0.2, 0.25) is 5.91 Å². The highest BCUT2D eigenvalue weighted by Crippen LogP contribution is 2.31. The number of nitrogens with one attached hydrogen (secondary N) is 1. The number of amides is 1. The van der Waals surface area contributed by atoms with Crippen molar-refractivity contribution in [3.63, 3.8) is 0 Å². The number of aliphatic imine (C=N–C) groups is 1. The lowest BCUT2D eigenvalue weighted by Gasteiger charge is -2.32. The second-order valence-corrected chi connectivity index (χ2v) is 10.8. The van der Waals surface area contributed by atoms with E-state index in [4.69, 9.17) is 10.5 Å². The van der Waals surface area contributed by atoms with Crippen LogP contribution in [0.3, 0.4) is 0 Å². The number of nitrogens with two attached hydrogens (primary N) is 1. The monoisotopic (exact) mass is 552 g/mol. The van der Waals surface area contributed by atoms with Crippen molar-refractivity contribution in [2.75, 3.05) is 18.4 Å². The minimum Gasteiger partial charge on any atom is -0.370 e. The van der Waals surface area contributed by atoms with E-state index >= 15 is 0 Å². The molecule has 4 aromatic rings. The van der Waals surface area contributed by atoms with E-state index in [9.17, 15) is 4.79 Å². The molecule has 2 aromatic heterocycles. The molecule has 1 amide bonds. The van der Waals surface area contributed by atoms with Gasteiger partial charge in [0.1, 0.15) is 12.4 Å². The van der Waals surface area contributed by atoms with Crippen LogP contribution in [-0.4, -0.2) is 39.4 Å². The zero-order valence-corrected chi connectivity index (χ0v) is 23.8. The molecule has 5 rings (SSSR count). The van der Waals surface area contributed by atoms with Gasteiger partial charge in [0.05, 0.1) is 18.8 Å². The topological polar surface area (TPSA) is 97.8 Å². The van der Waals surface area contributed by atoms with Crippen molar-refractivity contribution in [3.8, 4) is 0 Å². The van der Waals surface area contributed by atoms with Crippen LogP contribution in [0.4, 0.5) is 5.69 Å². The molecule has 8 nitrogen and oxygen atoms in total. The first-order valence-electron chi connectivity index (χ1n) is 14.6. The first-order chi connectivity index (χ1) is 20.1. The average Bonchev–Trinajstić information content (AvgIpc) is 3.44. The minimum absolute atomic E-state index is 0.00456. The van der Waals surface area contributed by atoms with Crippen molar-refractivity contribution >= 4 is 28.6 Å². The molecule has 2 heterocycles. The Bertz CT molecular complexity index is 1430. The SMILES string of the molecule is CCN(CC1CCC(C(=O)Nc2ccnc3c2ccn3COCc2ccccc2)CC1)C(N)=NCc1ccccc1. The quantitative estimate of drug-likeness (QED) is 0.181. The lowest BCUT2D eigenvalue weighted by atomic mass is 9.81. The molecule has 0 radical (unpaired) electrons. The second-order valence-electron chi connectivity index (χ2n) is 10.8.